The summed E-state index contributed by atoms with van der Waals surface area (Å²) >= 11 is 0. The predicted molar refractivity (Wildman–Crippen MR) is 82.5 cm³/mol. The van der Waals surface area contributed by atoms with Crippen LogP contribution in [0.4, 0.5) is 0 Å². The molecule has 0 radical (unpaired) electrons. The van der Waals surface area contributed by atoms with Crippen molar-refractivity contribution in [2.45, 2.75) is 90.9 Å². The van der Waals surface area contributed by atoms with E-state index in [0.29, 0.717) is 0 Å². The smallest absolute Gasteiger partial charge is 0.550 e. The van der Waals surface area contributed by atoms with E-state index in [1.807, 2.05) is 0 Å². The van der Waals surface area contributed by atoms with E-state index >= 15 is 0 Å². The molecule has 0 aromatic rings. The zero-order chi connectivity index (χ0) is 15.6. The summed E-state index contributed by atoms with van der Waals surface area (Å²) in [4.78, 5) is 19.0. The average Bonchev–Trinajstić information content (AvgIpc) is 2.35. The van der Waals surface area contributed by atoms with Gasteiger partial charge in [-0.1, -0.05) is 71.1 Å². The molecule has 0 unspecified atom stereocenters. The fourth-order valence-corrected chi connectivity index (χ4v) is 1.93. The monoisotopic (exact) mass is 326 g/mol. The van der Waals surface area contributed by atoms with Crippen LogP contribution in [0.5, 0.6) is 0 Å². The number of carboxylic acid groups (broad SMARTS) is 2. The number of carboxylic acids is 2. The van der Waals surface area contributed by atoms with E-state index < -0.39 is 11.9 Å². The number of carbonyl (C=O) groups is 2. The van der Waals surface area contributed by atoms with Crippen molar-refractivity contribution in [3.05, 3.63) is 0 Å². The number of hydrogen-bond acceptors (Lipinski definition) is 4. The molecule has 0 aliphatic rings. The normalized spacial score (nSPS) is 9.24. The van der Waals surface area contributed by atoms with Crippen LogP contribution in [-0.4, -0.2) is 49.7 Å². The van der Waals surface area contributed by atoms with Crippen LogP contribution >= 0.6 is 0 Å². The Hall–Kier alpha value is 0.200. The molecular formula is C16H30CaO4. The summed E-state index contributed by atoms with van der Waals surface area (Å²) in [5.41, 5.74) is 0. The Morgan fingerprint density at radius 2 is 1.00 bits per heavy atom. The molecular weight excluding hydrogens is 296 g/mol. The summed E-state index contributed by atoms with van der Waals surface area (Å²) in [7, 11) is 0. The molecule has 0 aromatic heterocycles. The van der Waals surface area contributed by atoms with Crippen LogP contribution in [0.15, 0.2) is 0 Å². The van der Waals surface area contributed by atoms with Gasteiger partial charge in [0.2, 0.25) is 0 Å². The second-order valence-electron chi connectivity index (χ2n) is 5.15. The maximum atomic E-state index is 10.1. The second kappa shape index (κ2) is 22.5. The van der Waals surface area contributed by atoms with Gasteiger partial charge in [0.25, 0.3) is 0 Å². The number of carbonyl (C=O) groups excluding carboxylic acids is 2. The molecule has 0 aliphatic carbocycles. The molecule has 0 rings (SSSR count). The fourth-order valence-electron chi connectivity index (χ4n) is 1.93. The Labute approximate surface area is 159 Å². The zero-order valence-electron chi connectivity index (χ0n) is 13.8. The third-order valence-corrected chi connectivity index (χ3v) is 2.98. The third kappa shape index (κ3) is 38.4. The molecule has 0 bridgehead atoms. The summed E-state index contributed by atoms with van der Waals surface area (Å²) in [5.74, 6) is -1.99. The van der Waals surface area contributed by atoms with Crippen LogP contribution in [-0.2, 0) is 9.59 Å². The minimum absolute atomic E-state index is 0. The molecule has 0 spiro atoms. The molecule has 0 atom stereocenters. The van der Waals surface area contributed by atoms with Gasteiger partial charge in [-0.25, -0.2) is 0 Å². The molecule has 120 valence electrons. The van der Waals surface area contributed by atoms with Gasteiger partial charge in [0.15, 0.2) is 0 Å². The maximum Gasteiger partial charge on any atom is 2.00 e. The average molecular weight is 326 g/mol. The third-order valence-electron chi connectivity index (χ3n) is 2.98. The second-order valence-corrected chi connectivity index (χ2v) is 5.15. The van der Waals surface area contributed by atoms with E-state index in [9.17, 15) is 9.90 Å². The van der Waals surface area contributed by atoms with Crippen LogP contribution < -0.4 is 10.2 Å². The number of rotatable bonds is 12. The van der Waals surface area contributed by atoms with Crippen molar-refractivity contribution in [1.82, 2.24) is 0 Å². The Bertz CT molecular complexity index is 228. The van der Waals surface area contributed by atoms with E-state index in [1.54, 1.807) is 0 Å². The van der Waals surface area contributed by atoms with Gasteiger partial charge < -0.3 is 19.8 Å². The van der Waals surface area contributed by atoms with E-state index in [-0.39, 0.29) is 44.2 Å². The molecule has 0 aromatic carbocycles. The number of hydrogen-bond donors (Lipinski definition) is 0. The van der Waals surface area contributed by atoms with Gasteiger partial charge in [-0.2, -0.15) is 0 Å². The minimum atomic E-state index is -1.08. The summed E-state index contributed by atoms with van der Waals surface area (Å²) in [6, 6.07) is 0. The Kier molecular flexibility index (Phi) is 28.0. The molecule has 21 heavy (non-hydrogen) atoms. The standard InChI is InChI=1S/C14H28O2.C2H4O2.Ca/c1-2-3-4-5-6-7-8-9-10-11-12-13-14(15)16;1-2(3)4;/h2-13H2,1H3,(H,15,16);1H3,(H,3,4);/q;;+2/p-2. The van der Waals surface area contributed by atoms with Crippen molar-refractivity contribution >= 4 is 49.7 Å². The molecule has 4 nitrogen and oxygen atoms in total. The van der Waals surface area contributed by atoms with Gasteiger partial charge in [-0.15, -0.1) is 0 Å². The summed E-state index contributed by atoms with van der Waals surface area (Å²) in [6.07, 6.45) is 14.0. The van der Waals surface area contributed by atoms with Crippen LogP contribution in [0, 0.1) is 0 Å². The predicted octanol–water partition coefficient (Wildman–Crippen LogP) is 1.81. The van der Waals surface area contributed by atoms with Crippen molar-refractivity contribution in [2.24, 2.45) is 0 Å². The zero-order valence-corrected chi connectivity index (χ0v) is 16.0. The summed E-state index contributed by atoms with van der Waals surface area (Å²) in [6.45, 7) is 3.21. The summed E-state index contributed by atoms with van der Waals surface area (Å²) in [5, 5.41) is 19.0. The molecule has 0 heterocycles. The van der Waals surface area contributed by atoms with E-state index in [2.05, 4.69) is 6.92 Å². The Morgan fingerprint density at radius 1 is 0.714 bits per heavy atom. The molecule has 0 saturated heterocycles. The first kappa shape index (κ1) is 26.1. The maximum absolute atomic E-state index is 10.1. The van der Waals surface area contributed by atoms with Crippen LogP contribution in [0.2, 0.25) is 0 Å². The quantitative estimate of drug-likeness (QED) is 0.405. The molecule has 0 saturated carbocycles. The van der Waals surface area contributed by atoms with Crippen molar-refractivity contribution in [3.8, 4) is 0 Å². The van der Waals surface area contributed by atoms with Crippen LogP contribution in [0.1, 0.15) is 90.9 Å². The van der Waals surface area contributed by atoms with Gasteiger partial charge >= 0.3 is 37.7 Å². The molecule has 0 aliphatic heterocycles. The fraction of sp³-hybridized carbons (Fsp3) is 0.875. The molecule has 5 heteroatoms. The topological polar surface area (TPSA) is 80.3 Å². The Balaban J connectivity index is -0.000000572. The molecule has 0 N–H and O–H groups in total. The van der Waals surface area contributed by atoms with Crippen molar-refractivity contribution < 1.29 is 19.8 Å². The molecule has 0 amide bonds. The molecule has 0 fully saturated rings. The van der Waals surface area contributed by atoms with Crippen molar-refractivity contribution in [1.29, 1.82) is 0 Å². The van der Waals surface area contributed by atoms with Crippen LogP contribution in [0.25, 0.3) is 0 Å². The minimum Gasteiger partial charge on any atom is -0.550 e. The first-order valence-corrected chi connectivity index (χ1v) is 7.88. The number of unbranched alkanes of at least 4 members (excludes halogenated alkanes) is 10. The van der Waals surface area contributed by atoms with Gasteiger partial charge in [0.1, 0.15) is 0 Å². The van der Waals surface area contributed by atoms with E-state index in [0.717, 1.165) is 19.8 Å². The van der Waals surface area contributed by atoms with E-state index in [4.69, 9.17) is 9.90 Å². The Morgan fingerprint density at radius 3 is 1.29 bits per heavy atom. The largest absolute Gasteiger partial charge is 2.00 e. The summed E-state index contributed by atoms with van der Waals surface area (Å²) < 4.78 is 0. The van der Waals surface area contributed by atoms with Gasteiger partial charge in [0, 0.05) is 11.9 Å². The van der Waals surface area contributed by atoms with E-state index in [1.165, 1.54) is 57.8 Å². The van der Waals surface area contributed by atoms with Gasteiger partial charge in [-0.05, 0) is 19.8 Å². The number of aliphatic carboxylic acids is 2. The van der Waals surface area contributed by atoms with Crippen molar-refractivity contribution in [2.75, 3.05) is 0 Å². The first-order chi connectivity index (χ1) is 9.50. The first-order valence-electron chi connectivity index (χ1n) is 7.88. The van der Waals surface area contributed by atoms with Crippen LogP contribution in [0.3, 0.4) is 0 Å². The van der Waals surface area contributed by atoms with Gasteiger partial charge in [0.05, 0.1) is 0 Å². The van der Waals surface area contributed by atoms with Crippen molar-refractivity contribution in [3.63, 3.8) is 0 Å². The van der Waals surface area contributed by atoms with Gasteiger partial charge in [-0.3, -0.25) is 0 Å². The SMILES string of the molecule is CC(=O)[O-].CCCCCCCCCCCCCC(=O)[O-].[Ca+2].